The highest BCUT2D eigenvalue weighted by molar-refractivity contribution is 6.31. The fraction of sp³-hybridized carbons (Fsp3) is 0.390. The molecule has 8 rings (SSSR count). The predicted molar refractivity (Wildman–Crippen MR) is 303 cm³/mol. The molecule has 0 spiro atoms. The monoisotopic (exact) mass is 1140 g/mol. The maximum Gasteiger partial charge on any atom is 0.373 e. The first-order valence-corrected chi connectivity index (χ1v) is 26.5. The van der Waals surface area contributed by atoms with Crippen molar-refractivity contribution in [1.29, 1.82) is 0 Å². The molecule has 21 heteroatoms. The number of nitrogens with one attached hydrogen (secondary N) is 3. The van der Waals surface area contributed by atoms with E-state index < -0.39 is 23.4 Å². The fourth-order valence-corrected chi connectivity index (χ4v) is 8.68. The lowest BCUT2D eigenvalue weighted by Gasteiger charge is -2.26. The van der Waals surface area contributed by atoms with Gasteiger partial charge < -0.3 is 40.6 Å². The maximum atomic E-state index is 14.1. The molecule has 0 bridgehead atoms. The molecule has 2 fully saturated rings. The van der Waals surface area contributed by atoms with E-state index in [0.29, 0.717) is 40.1 Å². The van der Waals surface area contributed by atoms with E-state index in [9.17, 15) is 42.3 Å². The third-order valence-electron chi connectivity index (χ3n) is 13.1. The van der Waals surface area contributed by atoms with Crippen LogP contribution in [0, 0.1) is 23.5 Å². The number of para-hydroxylation sites is 1. The highest BCUT2D eigenvalue weighted by Crippen LogP contribution is 2.29. The topological polar surface area (TPSA) is 232 Å². The molecule has 2 saturated carbocycles. The van der Waals surface area contributed by atoms with Crippen LogP contribution in [0.1, 0.15) is 117 Å². The Bertz CT molecular complexity index is 3220. The van der Waals surface area contributed by atoms with Gasteiger partial charge >= 0.3 is 6.15 Å². The summed E-state index contributed by atoms with van der Waals surface area (Å²) in [5, 5.41) is 9.53. The van der Waals surface area contributed by atoms with Gasteiger partial charge in [0.15, 0.2) is 11.6 Å². The van der Waals surface area contributed by atoms with Crippen molar-refractivity contribution in [2.45, 2.75) is 113 Å². The van der Waals surface area contributed by atoms with Gasteiger partial charge in [0.05, 0.1) is 23.1 Å². The van der Waals surface area contributed by atoms with Gasteiger partial charge in [-0.3, -0.25) is 33.6 Å². The predicted octanol–water partition coefficient (Wildman–Crippen LogP) is 8.93. The first-order chi connectivity index (χ1) is 37.6. The van der Waals surface area contributed by atoms with Crippen LogP contribution in [0.5, 0.6) is 0 Å². The first kappa shape index (κ1) is 65.0. The zero-order valence-corrected chi connectivity index (χ0v) is 46.5. The Kier molecular flexibility index (Phi) is 24.9. The number of ketones is 2. The number of benzene rings is 4. The van der Waals surface area contributed by atoms with Gasteiger partial charge in [-0.05, 0) is 122 Å². The number of halogens is 4. The standard InChI is InChI=1S/C29H32ClFN4O4.C24H25ClFN3O3.C4H9N.CO2.CH4/c1-17(2)35(15-26(37)32-13-21-5-4-6-24(30)28(21)31)27(38)16-34-14-23(18(3)36)22-11-20(9-10-25(22)34)29(39)33-12-19-7-8-19;1-15(2)29(13-22(31)27-11-17-7-6-9-20(25)24(17)26)23(32)14-28-12-19(16(3)30)18-8-4-5-10-21(18)28;5-3-4-1-2-4;2-1-3;/h4-6,9-11,14,17,19H,7-8,12-13,15-16H2,1-3H3,(H,32,37)(H,33,39);4-10,12,15H,11,13-14H2,1-3H3,(H,27,31);4H,1-3,5H2;;1H4. The van der Waals surface area contributed by atoms with E-state index >= 15 is 0 Å². The Morgan fingerprint density at radius 1 is 0.637 bits per heavy atom. The minimum atomic E-state index is -0.597. The van der Waals surface area contributed by atoms with Crippen LogP contribution in [0.4, 0.5) is 8.78 Å². The van der Waals surface area contributed by atoms with E-state index in [1.165, 1.54) is 60.8 Å². The summed E-state index contributed by atoms with van der Waals surface area (Å²) in [6, 6.07) is 21.1. The van der Waals surface area contributed by atoms with Crippen molar-refractivity contribution >= 4 is 92.3 Å². The van der Waals surface area contributed by atoms with Crippen molar-refractivity contribution in [3.05, 3.63) is 141 Å². The number of nitrogens with two attached hydrogens (primary N) is 1. The van der Waals surface area contributed by atoms with Gasteiger partial charge in [-0.15, -0.1) is 0 Å². The summed E-state index contributed by atoms with van der Waals surface area (Å²) in [6.45, 7) is 11.1. The zero-order valence-electron chi connectivity index (χ0n) is 45.0. The molecular formula is C59H70Cl2F2N8O9. The van der Waals surface area contributed by atoms with Crippen molar-refractivity contribution in [3.63, 3.8) is 0 Å². The molecule has 80 heavy (non-hydrogen) atoms. The Hall–Kier alpha value is -7.57. The van der Waals surface area contributed by atoms with Gasteiger partial charge in [0.1, 0.15) is 24.7 Å². The number of rotatable bonds is 20. The highest BCUT2D eigenvalue weighted by atomic mass is 35.5. The maximum absolute atomic E-state index is 14.1. The molecule has 2 aliphatic carbocycles. The van der Waals surface area contributed by atoms with Gasteiger partial charge in [0.25, 0.3) is 5.91 Å². The molecule has 4 aromatic carbocycles. The third kappa shape index (κ3) is 18.5. The van der Waals surface area contributed by atoms with E-state index in [0.717, 1.165) is 36.2 Å². The molecule has 0 saturated heterocycles. The number of Topliss-reactive ketones (excluding diaryl/α,β-unsaturated/α-hetero) is 2. The third-order valence-corrected chi connectivity index (χ3v) is 13.7. The molecule has 2 aliphatic rings. The summed E-state index contributed by atoms with van der Waals surface area (Å²) < 4.78 is 31.6. The second-order valence-corrected chi connectivity index (χ2v) is 20.6. The van der Waals surface area contributed by atoms with E-state index in [1.807, 2.05) is 38.1 Å². The van der Waals surface area contributed by atoms with Crippen molar-refractivity contribution < 1.29 is 51.9 Å². The van der Waals surface area contributed by atoms with Crippen LogP contribution in [0.25, 0.3) is 21.8 Å². The number of amides is 5. The molecule has 428 valence electrons. The summed E-state index contributed by atoms with van der Waals surface area (Å²) in [4.78, 5) is 108. The molecule has 0 atom stereocenters. The lowest BCUT2D eigenvalue weighted by atomic mass is 10.1. The SMILES string of the molecule is C.CC(=O)c1cn(CC(=O)N(CC(=O)NCc2cccc(Cl)c2F)C(C)C)c2ccc(C(=O)NCC3CC3)cc12.CC(=O)c1cn(CC(=O)N(CC(=O)NCc2cccc(Cl)c2F)C(C)C)c2ccccc12.NCC1CC1.O=C=O. The Morgan fingerprint density at radius 2 is 1.07 bits per heavy atom. The molecule has 2 aromatic heterocycles. The zero-order chi connectivity index (χ0) is 58.1. The van der Waals surface area contributed by atoms with Crippen LogP contribution in [0.3, 0.4) is 0 Å². The molecular weight excluding hydrogens is 1070 g/mol. The number of nitrogens with zero attached hydrogens (tertiary/aromatic N) is 4. The molecule has 5 N–H and O–H groups in total. The van der Waals surface area contributed by atoms with Gasteiger partial charge in [0.2, 0.25) is 23.6 Å². The fourth-order valence-electron chi connectivity index (χ4n) is 8.29. The van der Waals surface area contributed by atoms with E-state index in [1.54, 1.807) is 65.7 Å². The quantitative estimate of drug-likeness (QED) is 0.0530. The minimum absolute atomic E-state index is 0. The number of hydrogen-bond acceptors (Lipinski definition) is 10. The number of aromatic nitrogens is 2. The van der Waals surface area contributed by atoms with Crippen molar-refractivity contribution in [2.75, 3.05) is 26.2 Å². The molecule has 0 radical (unpaired) electrons. The molecule has 0 unspecified atom stereocenters. The Labute approximate surface area is 474 Å². The van der Waals surface area contributed by atoms with E-state index in [4.69, 9.17) is 38.5 Å². The van der Waals surface area contributed by atoms with Gasteiger partial charge in [-0.2, -0.15) is 9.59 Å². The molecule has 0 aliphatic heterocycles. The summed E-state index contributed by atoms with van der Waals surface area (Å²) in [5.74, 6) is -1.63. The second kappa shape index (κ2) is 30.7. The Morgan fingerprint density at radius 3 is 1.49 bits per heavy atom. The minimum Gasteiger partial charge on any atom is -0.352 e. The smallest absolute Gasteiger partial charge is 0.352 e. The van der Waals surface area contributed by atoms with Gasteiger partial charge in [0, 0.05) is 93.7 Å². The van der Waals surface area contributed by atoms with E-state index in [-0.39, 0.29) is 115 Å². The number of carbonyl (C=O) groups is 7. The average molecular weight is 1140 g/mol. The number of fused-ring (bicyclic) bond motifs is 2. The summed E-state index contributed by atoms with van der Waals surface area (Å²) >= 11 is 11.6. The van der Waals surface area contributed by atoms with Crippen LogP contribution in [-0.2, 0) is 54.9 Å². The van der Waals surface area contributed by atoms with Crippen LogP contribution < -0.4 is 21.7 Å². The highest BCUT2D eigenvalue weighted by Gasteiger charge is 2.26. The number of carbonyl (C=O) groups excluding carboxylic acids is 9. The molecule has 2 heterocycles. The van der Waals surface area contributed by atoms with Gasteiger partial charge in [-0.1, -0.05) is 73.1 Å². The lowest BCUT2D eigenvalue weighted by molar-refractivity contribution is -0.191. The summed E-state index contributed by atoms with van der Waals surface area (Å²) in [7, 11) is 0. The van der Waals surface area contributed by atoms with Crippen molar-refractivity contribution in [2.24, 2.45) is 17.6 Å². The first-order valence-electron chi connectivity index (χ1n) is 25.8. The van der Waals surface area contributed by atoms with Crippen molar-refractivity contribution in [3.8, 4) is 0 Å². The lowest BCUT2D eigenvalue weighted by Crippen LogP contribution is -2.45. The van der Waals surface area contributed by atoms with Crippen molar-refractivity contribution in [1.82, 2.24) is 34.9 Å². The van der Waals surface area contributed by atoms with Crippen LogP contribution in [-0.4, -0.2) is 104 Å². The van der Waals surface area contributed by atoms with Crippen LogP contribution >= 0.6 is 23.2 Å². The number of hydrogen-bond donors (Lipinski definition) is 4. The molecule has 5 amide bonds. The largest absolute Gasteiger partial charge is 0.373 e. The summed E-state index contributed by atoms with van der Waals surface area (Å²) in [5.41, 5.74) is 8.56. The van der Waals surface area contributed by atoms with Gasteiger partial charge in [-0.25, -0.2) is 8.78 Å². The van der Waals surface area contributed by atoms with Crippen LogP contribution in [0.15, 0.2) is 91.3 Å². The Balaban J connectivity index is 0.000000303. The second-order valence-electron chi connectivity index (χ2n) is 19.8. The van der Waals surface area contributed by atoms with E-state index in [2.05, 4.69) is 16.0 Å². The van der Waals surface area contributed by atoms with Crippen LogP contribution in [0.2, 0.25) is 10.0 Å². The normalized spacial score (nSPS) is 12.3. The summed E-state index contributed by atoms with van der Waals surface area (Å²) in [6.07, 6.45) is 8.55. The molecule has 6 aromatic rings. The molecule has 17 nitrogen and oxygen atoms in total. The average Bonchev–Trinajstić information content (AvgIpc) is 4.39.